The highest BCUT2D eigenvalue weighted by Crippen LogP contribution is 2.38. The van der Waals surface area contributed by atoms with Crippen molar-refractivity contribution in [3.05, 3.63) is 64.9 Å². The number of piperazine rings is 1. The standard InChI is InChI=1S/C29H32ClF4N5O2/c30-20-5-8-23(19-3-6-21(7-4-19)37-14-12-36(13-15-37)11-9-26(31)32)25(16-20)38-10-1-2-22(18-38)39-27(28(33)34)24(17-35-39)29(40)41/h3-8,16-17,22,26,28H,1-2,9-15,18H2,(H,40,41). The summed E-state index contributed by atoms with van der Waals surface area (Å²) >= 11 is 6.40. The normalized spacial score (nSPS) is 18.5. The molecule has 3 aromatic rings. The van der Waals surface area contributed by atoms with Gasteiger partial charge < -0.3 is 14.9 Å². The molecule has 7 nitrogen and oxygen atoms in total. The number of carbonyl (C=O) groups is 1. The second-order valence-corrected chi connectivity index (χ2v) is 10.9. The molecule has 1 N–H and O–H groups in total. The summed E-state index contributed by atoms with van der Waals surface area (Å²) in [6, 6.07) is 13.4. The number of nitrogens with zero attached hydrogens (tertiary/aromatic N) is 5. The zero-order chi connectivity index (χ0) is 29.1. The fourth-order valence-electron chi connectivity index (χ4n) is 5.79. The van der Waals surface area contributed by atoms with Crippen molar-refractivity contribution in [2.24, 2.45) is 0 Å². The van der Waals surface area contributed by atoms with Gasteiger partial charge in [0.2, 0.25) is 6.43 Å². The number of anilines is 2. The van der Waals surface area contributed by atoms with Gasteiger partial charge in [0.15, 0.2) is 0 Å². The second kappa shape index (κ2) is 12.7. The Hall–Kier alpha value is -3.31. The van der Waals surface area contributed by atoms with Crippen LogP contribution in [0.2, 0.25) is 5.02 Å². The Morgan fingerprint density at radius 2 is 1.73 bits per heavy atom. The Labute approximate surface area is 240 Å². The molecule has 2 aliphatic rings. The number of rotatable bonds is 9. The highest BCUT2D eigenvalue weighted by atomic mass is 35.5. The quantitative estimate of drug-likeness (QED) is 0.287. The lowest BCUT2D eigenvalue weighted by Crippen LogP contribution is -2.46. The van der Waals surface area contributed by atoms with Crippen LogP contribution in [-0.2, 0) is 0 Å². The average molecular weight is 594 g/mol. The van der Waals surface area contributed by atoms with Gasteiger partial charge in [-0.15, -0.1) is 0 Å². The molecule has 220 valence electrons. The van der Waals surface area contributed by atoms with Crippen LogP contribution < -0.4 is 9.80 Å². The van der Waals surface area contributed by atoms with Gasteiger partial charge in [0, 0.05) is 74.2 Å². The lowest BCUT2D eigenvalue weighted by Gasteiger charge is -2.37. The Balaban J connectivity index is 1.33. The monoisotopic (exact) mass is 593 g/mol. The van der Waals surface area contributed by atoms with Crippen LogP contribution in [-0.4, -0.2) is 78.0 Å². The molecule has 0 bridgehead atoms. The predicted octanol–water partition coefficient (Wildman–Crippen LogP) is 6.46. The second-order valence-electron chi connectivity index (χ2n) is 10.5. The van der Waals surface area contributed by atoms with Crippen molar-refractivity contribution in [1.29, 1.82) is 0 Å². The smallest absolute Gasteiger partial charge is 0.339 e. The fourth-order valence-corrected chi connectivity index (χ4v) is 5.96. The molecule has 0 aliphatic carbocycles. The molecule has 2 aromatic carbocycles. The lowest BCUT2D eigenvalue weighted by atomic mass is 9.99. The van der Waals surface area contributed by atoms with Crippen LogP contribution in [0.4, 0.5) is 28.9 Å². The van der Waals surface area contributed by atoms with Crippen LogP contribution in [0, 0.1) is 0 Å². The fraction of sp³-hybridized carbons (Fsp3) is 0.448. The van der Waals surface area contributed by atoms with Gasteiger partial charge in [-0.25, -0.2) is 22.4 Å². The van der Waals surface area contributed by atoms with Gasteiger partial charge in [-0.05, 0) is 42.7 Å². The van der Waals surface area contributed by atoms with E-state index in [2.05, 4.69) is 19.8 Å². The van der Waals surface area contributed by atoms with Crippen molar-refractivity contribution in [3.63, 3.8) is 0 Å². The van der Waals surface area contributed by atoms with E-state index in [-0.39, 0.29) is 6.42 Å². The number of carboxylic acid groups (broad SMARTS) is 1. The van der Waals surface area contributed by atoms with Crippen LogP contribution in [0.3, 0.4) is 0 Å². The van der Waals surface area contributed by atoms with Crippen molar-refractivity contribution >= 4 is 28.9 Å². The van der Waals surface area contributed by atoms with E-state index in [4.69, 9.17) is 11.6 Å². The summed E-state index contributed by atoms with van der Waals surface area (Å²) in [5.74, 6) is -1.42. The van der Waals surface area contributed by atoms with Crippen LogP contribution in [0.15, 0.2) is 48.7 Å². The molecule has 41 heavy (non-hydrogen) atoms. The molecule has 5 rings (SSSR count). The minimum atomic E-state index is -2.96. The summed E-state index contributed by atoms with van der Waals surface area (Å²) in [5, 5.41) is 14.0. The number of benzene rings is 2. The van der Waals surface area contributed by atoms with E-state index in [0.29, 0.717) is 37.5 Å². The van der Waals surface area contributed by atoms with E-state index in [0.717, 1.165) is 54.9 Å². The SMILES string of the molecule is O=C(O)c1cnn(C2CCCN(c3cc(Cl)ccc3-c3ccc(N4CCN(CCC(F)F)CC4)cc3)C2)c1C(F)F. The molecule has 2 saturated heterocycles. The van der Waals surface area contributed by atoms with Gasteiger partial charge in [-0.1, -0.05) is 29.8 Å². The molecule has 0 saturated carbocycles. The molecular formula is C29H32ClF4N5O2. The largest absolute Gasteiger partial charge is 0.478 e. The summed E-state index contributed by atoms with van der Waals surface area (Å²) < 4.78 is 54.0. The molecule has 0 radical (unpaired) electrons. The molecule has 3 heterocycles. The topological polar surface area (TPSA) is 64.8 Å². The molecule has 1 unspecified atom stereocenters. The molecule has 1 aromatic heterocycles. The lowest BCUT2D eigenvalue weighted by molar-refractivity contribution is 0.0680. The maximum absolute atomic E-state index is 13.9. The number of aromatic nitrogens is 2. The van der Waals surface area contributed by atoms with Crippen LogP contribution in [0.25, 0.3) is 11.1 Å². The maximum Gasteiger partial charge on any atom is 0.339 e. The van der Waals surface area contributed by atoms with Crippen molar-refractivity contribution in [3.8, 4) is 11.1 Å². The van der Waals surface area contributed by atoms with E-state index in [1.54, 1.807) is 0 Å². The van der Waals surface area contributed by atoms with Gasteiger partial charge >= 0.3 is 5.97 Å². The highest BCUT2D eigenvalue weighted by molar-refractivity contribution is 6.31. The minimum Gasteiger partial charge on any atom is -0.478 e. The molecule has 0 spiro atoms. The number of alkyl halides is 4. The number of piperidine rings is 1. The minimum absolute atomic E-state index is 0.103. The van der Waals surface area contributed by atoms with Gasteiger partial charge in [0.25, 0.3) is 6.43 Å². The van der Waals surface area contributed by atoms with Crippen LogP contribution >= 0.6 is 11.6 Å². The number of aromatic carboxylic acids is 1. The summed E-state index contributed by atoms with van der Waals surface area (Å²) in [6.07, 6.45) is -3.03. The maximum atomic E-state index is 13.9. The summed E-state index contributed by atoms with van der Waals surface area (Å²) in [6.45, 7) is 4.48. The summed E-state index contributed by atoms with van der Waals surface area (Å²) in [4.78, 5) is 17.9. The van der Waals surface area contributed by atoms with Crippen LogP contribution in [0.1, 0.15) is 47.8 Å². The van der Waals surface area contributed by atoms with E-state index in [9.17, 15) is 27.5 Å². The zero-order valence-electron chi connectivity index (χ0n) is 22.4. The van der Waals surface area contributed by atoms with E-state index >= 15 is 0 Å². The molecule has 12 heteroatoms. The Kier molecular flexibility index (Phi) is 9.03. The van der Waals surface area contributed by atoms with Crippen LogP contribution in [0.5, 0.6) is 0 Å². The zero-order valence-corrected chi connectivity index (χ0v) is 23.2. The molecule has 2 fully saturated rings. The first-order chi connectivity index (χ1) is 19.7. The Bertz CT molecular complexity index is 1350. The average Bonchev–Trinajstić information content (AvgIpc) is 3.43. The summed E-state index contributed by atoms with van der Waals surface area (Å²) in [5.41, 5.74) is 2.80. The number of carboxylic acids is 1. The summed E-state index contributed by atoms with van der Waals surface area (Å²) in [7, 11) is 0. The third kappa shape index (κ3) is 6.62. The number of hydrogen-bond acceptors (Lipinski definition) is 5. The van der Waals surface area contributed by atoms with Gasteiger partial charge in [0.1, 0.15) is 11.3 Å². The Morgan fingerprint density at radius 3 is 2.39 bits per heavy atom. The van der Waals surface area contributed by atoms with Crippen molar-refractivity contribution < 1.29 is 27.5 Å². The van der Waals surface area contributed by atoms with Crippen molar-refractivity contribution in [2.75, 3.05) is 55.6 Å². The van der Waals surface area contributed by atoms with Crippen molar-refractivity contribution in [2.45, 2.75) is 38.2 Å². The number of halogens is 5. The predicted molar refractivity (Wildman–Crippen MR) is 151 cm³/mol. The van der Waals surface area contributed by atoms with E-state index in [1.807, 2.05) is 42.5 Å². The number of hydrogen-bond donors (Lipinski definition) is 1. The first-order valence-corrected chi connectivity index (χ1v) is 14.1. The first-order valence-electron chi connectivity index (χ1n) is 13.7. The van der Waals surface area contributed by atoms with Gasteiger partial charge in [-0.3, -0.25) is 9.58 Å². The molecule has 1 atom stereocenters. The Morgan fingerprint density at radius 1 is 1.00 bits per heavy atom. The first kappa shape index (κ1) is 29.2. The van der Waals surface area contributed by atoms with Crippen molar-refractivity contribution in [1.82, 2.24) is 14.7 Å². The molecule has 2 aliphatic heterocycles. The molecule has 0 amide bonds. The molecular weight excluding hydrogens is 562 g/mol. The van der Waals surface area contributed by atoms with Gasteiger partial charge in [-0.2, -0.15) is 5.10 Å². The van der Waals surface area contributed by atoms with E-state index < -0.39 is 36.1 Å². The van der Waals surface area contributed by atoms with E-state index in [1.165, 1.54) is 4.68 Å². The van der Waals surface area contributed by atoms with Gasteiger partial charge in [0.05, 0.1) is 12.2 Å². The third-order valence-electron chi connectivity index (χ3n) is 7.89. The third-order valence-corrected chi connectivity index (χ3v) is 8.13. The highest BCUT2D eigenvalue weighted by Gasteiger charge is 2.31.